The molecule has 0 radical (unpaired) electrons. The molecule has 0 bridgehead atoms. The van der Waals surface area contributed by atoms with Gasteiger partial charge in [0.25, 0.3) is 5.91 Å². The fourth-order valence-corrected chi connectivity index (χ4v) is 2.82. The SMILES string of the molecule is Nc1ccccc1C(=O)N1CCN(Cc2ccc(F)cc2)CC1. The van der Waals surface area contributed by atoms with Gasteiger partial charge in [-0.15, -0.1) is 0 Å². The molecule has 1 saturated heterocycles. The summed E-state index contributed by atoms with van der Waals surface area (Å²) in [6.45, 7) is 3.73. The quantitative estimate of drug-likeness (QED) is 0.885. The maximum Gasteiger partial charge on any atom is 0.256 e. The van der Waals surface area contributed by atoms with Crippen molar-refractivity contribution in [1.29, 1.82) is 0 Å². The molecule has 2 N–H and O–H groups in total. The van der Waals surface area contributed by atoms with Gasteiger partial charge in [-0.05, 0) is 29.8 Å². The Morgan fingerprint density at radius 3 is 2.30 bits per heavy atom. The highest BCUT2D eigenvalue weighted by Crippen LogP contribution is 2.16. The van der Waals surface area contributed by atoms with E-state index in [2.05, 4.69) is 4.90 Å². The average Bonchev–Trinajstić information content (AvgIpc) is 2.57. The Morgan fingerprint density at radius 2 is 1.65 bits per heavy atom. The van der Waals surface area contributed by atoms with Crippen molar-refractivity contribution in [1.82, 2.24) is 9.80 Å². The number of nitrogens with two attached hydrogens (primary N) is 1. The predicted molar refractivity (Wildman–Crippen MR) is 88.4 cm³/mol. The Balaban J connectivity index is 1.57. The summed E-state index contributed by atoms with van der Waals surface area (Å²) in [6, 6.07) is 13.7. The van der Waals surface area contributed by atoms with Crippen LogP contribution in [0.15, 0.2) is 48.5 Å². The molecule has 2 aromatic carbocycles. The van der Waals surface area contributed by atoms with Crippen molar-refractivity contribution in [2.75, 3.05) is 31.9 Å². The third-order valence-electron chi connectivity index (χ3n) is 4.17. The summed E-state index contributed by atoms with van der Waals surface area (Å²) < 4.78 is 12.9. The smallest absolute Gasteiger partial charge is 0.256 e. The lowest BCUT2D eigenvalue weighted by Crippen LogP contribution is -2.48. The molecule has 1 amide bonds. The van der Waals surface area contributed by atoms with E-state index < -0.39 is 0 Å². The van der Waals surface area contributed by atoms with Gasteiger partial charge < -0.3 is 10.6 Å². The van der Waals surface area contributed by atoms with Gasteiger partial charge >= 0.3 is 0 Å². The van der Waals surface area contributed by atoms with E-state index in [1.165, 1.54) is 12.1 Å². The molecule has 120 valence electrons. The molecule has 1 heterocycles. The van der Waals surface area contributed by atoms with Crippen molar-refractivity contribution >= 4 is 11.6 Å². The van der Waals surface area contributed by atoms with Crippen LogP contribution >= 0.6 is 0 Å². The molecule has 0 saturated carbocycles. The second-order valence-electron chi connectivity index (χ2n) is 5.78. The number of para-hydroxylation sites is 1. The van der Waals surface area contributed by atoms with E-state index >= 15 is 0 Å². The van der Waals surface area contributed by atoms with Gasteiger partial charge in [-0.3, -0.25) is 9.69 Å². The summed E-state index contributed by atoms with van der Waals surface area (Å²) in [5.41, 5.74) is 8.05. The molecular weight excluding hydrogens is 293 g/mol. The summed E-state index contributed by atoms with van der Waals surface area (Å²) in [5.74, 6) is -0.228. The fraction of sp³-hybridized carbons (Fsp3) is 0.278. The molecule has 1 fully saturated rings. The molecule has 2 aromatic rings. The molecular formula is C18H20FN3O. The summed E-state index contributed by atoms with van der Waals surface area (Å²) >= 11 is 0. The van der Waals surface area contributed by atoms with Gasteiger partial charge in [0.2, 0.25) is 0 Å². The highest BCUT2D eigenvalue weighted by atomic mass is 19.1. The first-order valence-electron chi connectivity index (χ1n) is 7.74. The highest BCUT2D eigenvalue weighted by Gasteiger charge is 2.23. The minimum absolute atomic E-state index is 0.00969. The Hall–Kier alpha value is -2.40. The molecule has 3 rings (SSSR count). The van der Waals surface area contributed by atoms with Gasteiger partial charge in [-0.1, -0.05) is 24.3 Å². The summed E-state index contributed by atoms with van der Waals surface area (Å²) in [6.07, 6.45) is 0. The minimum Gasteiger partial charge on any atom is -0.398 e. The van der Waals surface area contributed by atoms with Crippen LogP contribution in [0.1, 0.15) is 15.9 Å². The van der Waals surface area contributed by atoms with Crippen LogP contribution in [0.5, 0.6) is 0 Å². The number of amides is 1. The van der Waals surface area contributed by atoms with Crippen molar-refractivity contribution < 1.29 is 9.18 Å². The molecule has 1 aliphatic heterocycles. The number of rotatable bonds is 3. The number of hydrogen-bond donors (Lipinski definition) is 1. The maximum absolute atomic E-state index is 12.9. The number of carbonyl (C=O) groups excluding carboxylic acids is 1. The summed E-state index contributed by atoms with van der Waals surface area (Å²) in [4.78, 5) is 16.6. The molecule has 0 atom stereocenters. The zero-order valence-corrected chi connectivity index (χ0v) is 12.9. The van der Waals surface area contributed by atoms with Gasteiger partial charge in [-0.2, -0.15) is 0 Å². The largest absolute Gasteiger partial charge is 0.398 e. The van der Waals surface area contributed by atoms with Crippen LogP contribution in [0.2, 0.25) is 0 Å². The number of nitrogen functional groups attached to an aromatic ring is 1. The number of nitrogens with zero attached hydrogens (tertiary/aromatic N) is 2. The van der Waals surface area contributed by atoms with Crippen LogP contribution in [0.4, 0.5) is 10.1 Å². The molecule has 4 nitrogen and oxygen atoms in total. The first-order chi connectivity index (χ1) is 11.1. The van der Waals surface area contributed by atoms with Crippen molar-refractivity contribution in [2.24, 2.45) is 0 Å². The summed E-state index contributed by atoms with van der Waals surface area (Å²) in [7, 11) is 0. The monoisotopic (exact) mass is 313 g/mol. The normalized spacial score (nSPS) is 15.6. The number of hydrogen-bond acceptors (Lipinski definition) is 3. The van der Waals surface area contributed by atoms with E-state index in [4.69, 9.17) is 5.73 Å². The predicted octanol–water partition coefficient (Wildman–Crippen LogP) is 2.37. The van der Waals surface area contributed by atoms with E-state index in [-0.39, 0.29) is 11.7 Å². The van der Waals surface area contributed by atoms with E-state index in [9.17, 15) is 9.18 Å². The lowest BCUT2D eigenvalue weighted by molar-refractivity contribution is 0.0629. The van der Waals surface area contributed by atoms with Gasteiger partial charge in [0.1, 0.15) is 5.82 Å². The molecule has 0 aliphatic carbocycles. The first kappa shape index (κ1) is 15.5. The lowest BCUT2D eigenvalue weighted by Gasteiger charge is -2.35. The number of carbonyl (C=O) groups is 1. The molecule has 1 aliphatic rings. The zero-order chi connectivity index (χ0) is 16.2. The Labute approximate surface area is 135 Å². The van der Waals surface area contributed by atoms with Crippen LogP contribution in [0, 0.1) is 5.82 Å². The zero-order valence-electron chi connectivity index (χ0n) is 12.9. The van der Waals surface area contributed by atoms with Gasteiger partial charge in [0, 0.05) is 38.4 Å². The Kier molecular flexibility index (Phi) is 4.57. The van der Waals surface area contributed by atoms with E-state index in [0.717, 1.165) is 25.2 Å². The number of anilines is 1. The lowest BCUT2D eigenvalue weighted by atomic mass is 10.1. The van der Waals surface area contributed by atoms with Gasteiger partial charge in [0.05, 0.1) is 5.56 Å². The second kappa shape index (κ2) is 6.79. The number of piperazine rings is 1. The van der Waals surface area contributed by atoms with E-state index in [1.807, 2.05) is 17.0 Å². The second-order valence-corrected chi connectivity index (χ2v) is 5.78. The molecule has 23 heavy (non-hydrogen) atoms. The maximum atomic E-state index is 12.9. The Morgan fingerprint density at radius 1 is 1.00 bits per heavy atom. The average molecular weight is 313 g/mol. The number of halogens is 1. The first-order valence-corrected chi connectivity index (χ1v) is 7.74. The van der Waals surface area contributed by atoms with Crippen LogP contribution in [0.25, 0.3) is 0 Å². The van der Waals surface area contributed by atoms with Gasteiger partial charge in [0.15, 0.2) is 0 Å². The Bertz CT molecular complexity index is 679. The van der Waals surface area contributed by atoms with E-state index in [0.29, 0.717) is 24.3 Å². The van der Waals surface area contributed by atoms with Crippen LogP contribution in [-0.4, -0.2) is 41.9 Å². The topological polar surface area (TPSA) is 49.6 Å². The van der Waals surface area contributed by atoms with Crippen LogP contribution in [0.3, 0.4) is 0 Å². The fourth-order valence-electron chi connectivity index (χ4n) is 2.82. The molecule has 0 unspecified atom stereocenters. The van der Waals surface area contributed by atoms with Crippen molar-refractivity contribution in [3.8, 4) is 0 Å². The standard InChI is InChI=1S/C18H20FN3O/c19-15-7-5-14(6-8-15)13-21-9-11-22(12-10-21)18(23)16-3-1-2-4-17(16)20/h1-8H,9-13,20H2. The molecule has 0 spiro atoms. The van der Waals surface area contributed by atoms with Crippen molar-refractivity contribution in [3.63, 3.8) is 0 Å². The molecule has 5 heteroatoms. The van der Waals surface area contributed by atoms with Crippen molar-refractivity contribution in [2.45, 2.75) is 6.54 Å². The third-order valence-corrected chi connectivity index (χ3v) is 4.17. The minimum atomic E-state index is -0.218. The van der Waals surface area contributed by atoms with E-state index in [1.54, 1.807) is 24.3 Å². The summed E-state index contributed by atoms with van der Waals surface area (Å²) in [5, 5.41) is 0. The molecule has 0 aromatic heterocycles. The van der Waals surface area contributed by atoms with Gasteiger partial charge in [-0.25, -0.2) is 4.39 Å². The van der Waals surface area contributed by atoms with Crippen LogP contribution < -0.4 is 5.73 Å². The van der Waals surface area contributed by atoms with Crippen molar-refractivity contribution in [3.05, 3.63) is 65.5 Å². The number of benzene rings is 2. The highest BCUT2D eigenvalue weighted by molar-refractivity contribution is 5.99. The third kappa shape index (κ3) is 3.68. The van der Waals surface area contributed by atoms with Crippen LogP contribution in [-0.2, 0) is 6.54 Å².